The normalized spacial score (nSPS) is 22.7. The molecule has 33 heavy (non-hydrogen) atoms. The van der Waals surface area contributed by atoms with Gasteiger partial charge in [-0.2, -0.15) is 4.98 Å². The van der Waals surface area contributed by atoms with Gasteiger partial charge in [0.2, 0.25) is 5.95 Å². The fourth-order valence-corrected chi connectivity index (χ4v) is 5.96. The monoisotopic (exact) mass is 482 g/mol. The van der Waals surface area contributed by atoms with Gasteiger partial charge in [-0.3, -0.25) is 0 Å². The highest BCUT2D eigenvalue weighted by atomic mass is 32.1. The number of aliphatic hydroxyl groups is 2. The number of nitrogens with one attached hydrogen (secondary N) is 2. The summed E-state index contributed by atoms with van der Waals surface area (Å²) in [6.45, 7) is 2.88. The van der Waals surface area contributed by atoms with Gasteiger partial charge >= 0.3 is 0 Å². The Bertz CT molecular complexity index is 1210. The maximum atomic E-state index is 10.6. The lowest BCUT2D eigenvalue weighted by Crippen LogP contribution is -2.36. The molecule has 4 aromatic rings. The highest BCUT2D eigenvalue weighted by molar-refractivity contribution is 7.21. The number of para-hydroxylation sites is 1. The van der Waals surface area contributed by atoms with Gasteiger partial charge in [0, 0.05) is 10.8 Å². The van der Waals surface area contributed by atoms with Crippen molar-refractivity contribution in [1.82, 2.24) is 15.0 Å². The minimum absolute atomic E-state index is 0.164. The van der Waals surface area contributed by atoms with Crippen LogP contribution in [0.25, 0.3) is 20.8 Å². The minimum Gasteiger partial charge on any atom is -0.390 e. The third-order valence-electron chi connectivity index (χ3n) is 6.03. The van der Waals surface area contributed by atoms with E-state index in [0.29, 0.717) is 31.3 Å². The molecule has 4 atom stereocenters. The van der Waals surface area contributed by atoms with Crippen LogP contribution >= 0.6 is 22.7 Å². The standard InChI is InChI=1S/C23H26N6O2S2/c1-12-18(22-28-15-6-2-3-7-17(15)33-22)21(27-16-9-13(10-24)19(30)20(16)31)29-23(26-12)25-11-14-5-4-8-32-14/h2-8,13,16,19-20,30-31H,9-11,24H2,1H3,(H2,25,26,27,29). The summed E-state index contributed by atoms with van der Waals surface area (Å²) in [6, 6.07) is 11.7. The van der Waals surface area contributed by atoms with Crippen LogP contribution in [0.5, 0.6) is 0 Å². The number of hydrogen-bond donors (Lipinski definition) is 5. The number of thiazole rings is 1. The van der Waals surface area contributed by atoms with Crippen molar-refractivity contribution >= 4 is 44.7 Å². The zero-order valence-electron chi connectivity index (χ0n) is 18.1. The second-order valence-corrected chi connectivity index (χ2v) is 10.3. The van der Waals surface area contributed by atoms with Crippen LogP contribution in [0.1, 0.15) is 17.0 Å². The van der Waals surface area contributed by atoms with E-state index in [9.17, 15) is 10.2 Å². The van der Waals surface area contributed by atoms with Crippen molar-refractivity contribution in [1.29, 1.82) is 0 Å². The van der Waals surface area contributed by atoms with Gasteiger partial charge in [0.15, 0.2) is 0 Å². The van der Waals surface area contributed by atoms with Crippen LogP contribution in [-0.4, -0.2) is 50.0 Å². The van der Waals surface area contributed by atoms with Crippen molar-refractivity contribution in [3.05, 3.63) is 52.3 Å². The van der Waals surface area contributed by atoms with Gasteiger partial charge in [-0.15, -0.1) is 22.7 Å². The quantitative estimate of drug-likeness (QED) is 0.272. The van der Waals surface area contributed by atoms with Crippen molar-refractivity contribution in [2.24, 2.45) is 11.7 Å². The van der Waals surface area contributed by atoms with Crippen LogP contribution in [-0.2, 0) is 6.54 Å². The van der Waals surface area contributed by atoms with Gasteiger partial charge < -0.3 is 26.6 Å². The van der Waals surface area contributed by atoms with E-state index in [-0.39, 0.29) is 12.0 Å². The molecule has 1 saturated carbocycles. The zero-order chi connectivity index (χ0) is 22.9. The first-order chi connectivity index (χ1) is 16.0. The van der Waals surface area contributed by atoms with Crippen LogP contribution in [0, 0.1) is 12.8 Å². The molecule has 172 valence electrons. The third kappa shape index (κ3) is 4.44. The Kier molecular flexibility index (Phi) is 6.26. The molecule has 1 aliphatic carbocycles. The molecule has 0 amide bonds. The molecule has 5 rings (SSSR count). The largest absolute Gasteiger partial charge is 0.390 e. The minimum atomic E-state index is -0.931. The molecule has 0 aliphatic heterocycles. The molecule has 1 aromatic carbocycles. The lowest BCUT2D eigenvalue weighted by molar-refractivity contribution is 0.0192. The van der Waals surface area contributed by atoms with Crippen molar-refractivity contribution in [2.75, 3.05) is 17.2 Å². The van der Waals surface area contributed by atoms with E-state index >= 15 is 0 Å². The summed E-state index contributed by atoms with van der Waals surface area (Å²) in [5, 5.41) is 30.5. The van der Waals surface area contributed by atoms with Crippen LogP contribution in [0.2, 0.25) is 0 Å². The maximum absolute atomic E-state index is 10.6. The Morgan fingerprint density at radius 2 is 1.94 bits per heavy atom. The van der Waals surface area contributed by atoms with Crippen molar-refractivity contribution < 1.29 is 10.2 Å². The molecule has 0 saturated heterocycles. The van der Waals surface area contributed by atoms with Gasteiger partial charge in [0.25, 0.3) is 0 Å². The van der Waals surface area contributed by atoms with Gasteiger partial charge in [-0.05, 0) is 43.5 Å². The van der Waals surface area contributed by atoms with E-state index in [0.717, 1.165) is 26.5 Å². The third-order valence-corrected chi connectivity index (χ3v) is 7.96. The number of aryl methyl sites for hydroxylation is 1. The molecule has 3 aromatic heterocycles. The Balaban J connectivity index is 1.52. The number of hydrogen-bond acceptors (Lipinski definition) is 10. The summed E-state index contributed by atoms with van der Waals surface area (Å²) in [6.07, 6.45) is -1.24. The number of fused-ring (bicyclic) bond motifs is 1. The maximum Gasteiger partial charge on any atom is 0.225 e. The van der Waals surface area contributed by atoms with E-state index in [1.165, 1.54) is 4.88 Å². The molecule has 3 heterocycles. The highest BCUT2D eigenvalue weighted by Crippen LogP contribution is 2.38. The summed E-state index contributed by atoms with van der Waals surface area (Å²) in [5.74, 6) is 0.920. The summed E-state index contributed by atoms with van der Waals surface area (Å²) in [5.41, 5.74) is 8.30. The Morgan fingerprint density at radius 1 is 1.09 bits per heavy atom. The molecule has 0 radical (unpaired) electrons. The molecular formula is C23H26N6O2S2. The van der Waals surface area contributed by atoms with Crippen LogP contribution in [0.15, 0.2) is 41.8 Å². The average Bonchev–Trinajstić information content (AvgIpc) is 3.53. The number of rotatable bonds is 7. The predicted octanol–water partition coefficient (Wildman–Crippen LogP) is 3.22. The molecule has 1 aliphatic rings. The molecule has 8 nitrogen and oxygen atoms in total. The molecule has 0 bridgehead atoms. The molecule has 1 fully saturated rings. The fourth-order valence-electron chi connectivity index (χ4n) is 4.25. The highest BCUT2D eigenvalue weighted by Gasteiger charge is 2.41. The smallest absolute Gasteiger partial charge is 0.225 e. The molecule has 6 N–H and O–H groups in total. The van der Waals surface area contributed by atoms with Crippen molar-refractivity contribution in [3.8, 4) is 10.6 Å². The van der Waals surface area contributed by atoms with Crippen LogP contribution < -0.4 is 16.4 Å². The second-order valence-electron chi connectivity index (χ2n) is 8.24. The lowest BCUT2D eigenvalue weighted by Gasteiger charge is -2.21. The summed E-state index contributed by atoms with van der Waals surface area (Å²) < 4.78 is 1.08. The van der Waals surface area contributed by atoms with Crippen molar-refractivity contribution in [2.45, 2.75) is 38.1 Å². The first-order valence-electron chi connectivity index (χ1n) is 10.9. The van der Waals surface area contributed by atoms with Crippen LogP contribution in [0.4, 0.5) is 11.8 Å². The number of aromatic nitrogens is 3. The van der Waals surface area contributed by atoms with E-state index in [2.05, 4.69) is 16.7 Å². The molecule has 10 heteroatoms. The second kappa shape index (κ2) is 9.32. The van der Waals surface area contributed by atoms with Gasteiger partial charge in [0.1, 0.15) is 16.9 Å². The number of anilines is 2. The number of nitrogens with zero attached hydrogens (tertiary/aromatic N) is 3. The number of thiophene rings is 1. The lowest BCUT2D eigenvalue weighted by atomic mass is 10.1. The Morgan fingerprint density at radius 3 is 2.67 bits per heavy atom. The molecule has 4 unspecified atom stereocenters. The Labute approximate surface area is 199 Å². The molecule has 0 spiro atoms. The van der Waals surface area contributed by atoms with Gasteiger partial charge in [-0.25, -0.2) is 9.97 Å². The predicted molar refractivity (Wildman–Crippen MR) is 134 cm³/mol. The van der Waals surface area contributed by atoms with E-state index < -0.39 is 12.2 Å². The topological polar surface area (TPSA) is 129 Å². The first-order valence-corrected chi connectivity index (χ1v) is 12.6. The summed E-state index contributed by atoms with van der Waals surface area (Å²) >= 11 is 3.25. The zero-order valence-corrected chi connectivity index (χ0v) is 19.7. The van der Waals surface area contributed by atoms with Gasteiger partial charge in [-0.1, -0.05) is 18.2 Å². The average molecular weight is 483 g/mol. The number of nitrogens with two attached hydrogens (primary N) is 1. The van der Waals surface area contributed by atoms with Crippen molar-refractivity contribution in [3.63, 3.8) is 0 Å². The Hall–Kier alpha value is -2.63. The summed E-state index contributed by atoms with van der Waals surface area (Å²) in [4.78, 5) is 15.5. The van der Waals surface area contributed by atoms with E-state index in [1.54, 1.807) is 22.7 Å². The fraction of sp³-hybridized carbons (Fsp3) is 0.348. The van der Waals surface area contributed by atoms with Gasteiger partial charge in [0.05, 0.1) is 40.2 Å². The number of aliphatic hydroxyl groups excluding tert-OH is 2. The summed E-state index contributed by atoms with van der Waals surface area (Å²) in [7, 11) is 0. The van der Waals surface area contributed by atoms with E-state index in [1.807, 2.05) is 42.6 Å². The molecular weight excluding hydrogens is 456 g/mol. The first kappa shape index (κ1) is 22.2. The van der Waals surface area contributed by atoms with Crippen LogP contribution in [0.3, 0.4) is 0 Å². The SMILES string of the molecule is Cc1nc(NCc2cccs2)nc(NC2CC(CN)C(O)C2O)c1-c1nc2ccccc2s1. The van der Waals surface area contributed by atoms with E-state index in [4.69, 9.17) is 20.7 Å². The number of benzene rings is 1.